The van der Waals surface area contributed by atoms with Crippen molar-refractivity contribution in [1.82, 2.24) is 15.1 Å². The first-order chi connectivity index (χ1) is 9.54. The molecule has 112 valence electrons. The highest BCUT2D eigenvalue weighted by molar-refractivity contribution is 5.61. The van der Waals surface area contributed by atoms with Crippen molar-refractivity contribution in [3.05, 3.63) is 15.8 Å². The van der Waals surface area contributed by atoms with E-state index in [-0.39, 0.29) is 10.6 Å². The molecule has 1 N–H and O–H groups in total. The van der Waals surface area contributed by atoms with Crippen LogP contribution in [0.25, 0.3) is 0 Å². The number of nitrogens with one attached hydrogen (secondary N) is 1. The molecule has 0 bridgehead atoms. The second kappa shape index (κ2) is 6.21. The molecule has 1 atom stereocenters. The van der Waals surface area contributed by atoms with Gasteiger partial charge >= 0.3 is 5.69 Å². The Morgan fingerprint density at radius 1 is 1.60 bits per heavy atom. The number of likely N-dealkylation sites (N-methyl/N-ethyl adjacent to an activating group) is 1. The number of aromatic nitrogens is 2. The molecular weight excluding hydrogens is 258 g/mol. The highest BCUT2D eigenvalue weighted by Crippen LogP contribution is 2.31. The van der Waals surface area contributed by atoms with Crippen molar-refractivity contribution in [3.63, 3.8) is 0 Å². The summed E-state index contributed by atoms with van der Waals surface area (Å²) >= 11 is 0. The van der Waals surface area contributed by atoms with Gasteiger partial charge in [-0.1, -0.05) is 13.3 Å². The van der Waals surface area contributed by atoms with Crippen LogP contribution < -0.4 is 10.2 Å². The lowest BCUT2D eigenvalue weighted by molar-refractivity contribution is -0.384. The fourth-order valence-electron chi connectivity index (χ4n) is 2.91. The Morgan fingerprint density at radius 3 is 2.90 bits per heavy atom. The zero-order valence-electron chi connectivity index (χ0n) is 12.4. The van der Waals surface area contributed by atoms with E-state index in [0.717, 1.165) is 25.9 Å². The van der Waals surface area contributed by atoms with Crippen LogP contribution in [0.3, 0.4) is 0 Å². The van der Waals surface area contributed by atoms with Crippen LogP contribution in [-0.2, 0) is 13.5 Å². The van der Waals surface area contributed by atoms with Gasteiger partial charge in [-0.25, -0.2) is 4.68 Å². The number of aryl methyl sites for hydroxylation is 2. The van der Waals surface area contributed by atoms with Crippen LogP contribution in [0.15, 0.2) is 0 Å². The lowest BCUT2D eigenvalue weighted by atomic mass is 10.2. The van der Waals surface area contributed by atoms with E-state index in [4.69, 9.17) is 0 Å². The lowest BCUT2D eigenvalue weighted by Crippen LogP contribution is -2.36. The largest absolute Gasteiger partial charge is 0.353 e. The van der Waals surface area contributed by atoms with Gasteiger partial charge in [-0.05, 0) is 25.8 Å². The molecule has 2 heterocycles. The van der Waals surface area contributed by atoms with Gasteiger partial charge in [-0.2, -0.15) is 5.10 Å². The van der Waals surface area contributed by atoms with Crippen LogP contribution in [0.2, 0.25) is 0 Å². The van der Waals surface area contributed by atoms with Crippen LogP contribution >= 0.6 is 0 Å². The molecule has 0 aromatic carbocycles. The summed E-state index contributed by atoms with van der Waals surface area (Å²) in [5, 5.41) is 19.1. The van der Waals surface area contributed by atoms with Gasteiger partial charge in [-0.15, -0.1) is 0 Å². The van der Waals surface area contributed by atoms with Gasteiger partial charge in [0.2, 0.25) is 5.82 Å². The predicted molar refractivity (Wildman–Crippen MR) is 78.2 cm³/mol. The van der Waals surface area contributed by atoms with E-state index in [1.54, 1.807) is 11.7 Å². The predicted octanol–water partition coefficient (Wildman–Crippen LogP) is 1.47. The molecule has 1 aromatic rings. The fraction of sp³-hybridized carbons (Fsp3) is 0.769. The summed E-state index contributed by atoms with van der Waals surface area (Å²) in [6, 6.07) is 0.407. The third kappa shape index (κ3) is 2.92. The first kappa shape index (κ1) is 14.8. The van der Waals surface area contributed by atoms with E-state index in [9.17, 15) is 10.1 Å². The van der Waals surface area contributed by atoms with Crippen LogP contribution in [0.1, 0.15) is 31.9 Å². The molecule has 2 rings (SSSR count). The van der Waals surface area contributed by atoms with Crippen molar-refractivity contribution >= 4 is 11.5 Å². The second-order valence-corrected chi connectivity index (χ2v) is 5.42. The molecule has 20 heavy (non-hydrogen) atoms. The molecule has 0 amide bonds. The van der Waals surface area contributed by atoms with Gasteiger partial charge in [-0.3, -0.25) is 10.1 Å². The standard InChI is InChI=1S/C13H23N5O2/c1-4-6-11-12(18(19)20)13(17(3)15-11)16(2)9-10-7-5-8-14-10/h10,14H,4-9H2,1-3H3. The molecule has 7 heteroatoms. The minimum absolute atomic E-state index is 0.162. The van der Waals surface area contributed by atoms with E-state index >= 15 is 0 Å². The van der Waals surface area contributed by atoms with E-state index in [2.05, 4.69) is 10.4 Å². The normalized spacial score (nSPS) is 18.4. The average Bonchev–Trinajstić information content (AvgIpc) is 2.97. The Hall–Kier alpha value is -1.63. The molecule has 1 aliphatic heterocycles. The Labute approximate surface area is 119 Å². The molecule has 7 nitrogen and oxygen atoms in total. The van der Waals surface area contributed by atoms with Crippen LogP contribution in [0.4, 0.5) is 11.5 Å². The summed E-state index contributed by atoms with van der Waals surface area (Å²) in [5.74, 6) is 0.604. The molecule has 0 spiro atoms. The smallest absolute Gasteiger partial charge is 0.334 e. The summed E-state index contributed by atoms with van der Waals surface area (Å²) in [6.45, 7) is 3.81. The van der Waals surface area contributed by atoms with Gasteiger partial charge < -0.3 is 10.2 Å². The van der Waals surface area contributed by atoms with Crippen molar-refractivity contribution < 1.29 is 4.92 Å². The molecule has 0 aliphatic carbocycles. The van der Waals surface area contributed by atoms with Crippen molar-refractivity contribution in [2.24, 2.45) is 7.05 Å². The van der Waals surface area contributed by atoms with Gasteiger partial charge in [0.1, 0.15) is 5.69 Å². The van der Waals surface area contributed by atoms with E-state index < -0.39 is 0 Å². The first-order valence-corrected chi connectivity index (χ1v) is 7.19. The van der Waals surface area contributed by atoms with E-state index in [0.29, 0.717) is 24.0 Å². The van der Waals surface area contributed by atoms with Gasteiger partial charge in [0, 0.05) is 26.7 Å². The van der Waals surface area contributed by atoms with E-state index in [1.165, 1.54) is 6.42 Å². The van der Waals surface area contributed by atoms with Crippen LogP contribution in [-0.4, -0.2) is 40.9 Å². The lowest BCUT2D eigenvalue weighted by Gasteiger charge is -2.22. The van der Waals surface area contributed by atoms with Gasteiger partial charge in [0.05, 0.1) is 4.92 Å². The average molecular weight is 281 g/mol. The van der Waals surface area contributed by atoms with Crippen LogP contribution in [0.5, 0.6) is 0 Å². The molecule has 0 radical (unpaired) electrons. The maximum absolute atomic E-state index is 11.4. The zero-order chi connectivity index (χ0) is 14.7. The topological polar surface area (TPSA) is 76.2 Å². The Bertz CT molecular complexity index is 479. The zero-order valence-corrected chi connectivity index (χ0v) is 12.4. The SMILES string of the molecule is CCCc1nn(C)c(N(C)CC2CCCN2)c1[N+](=O)[O-]. The molecule has 1 unspecified atom stereocenters. The number of hydrogen-bond donors (Lipinski definition) is 1. The summed E-state index contributed by atoms with van der Waals surface area (Å²) in [5.41, 5.74) is 0.746. The maximum atomic E-state index is 11.4. The fourth-order valence-corrected chi connectivity index (χ4v) is 2.91. The molecule has 0 saturated carbocycles. The molecule has 1 saturated heterocycles. The quantitative estimate of drug-likeness (QED) is 0.631. The molecule has 1 fully saturated rings. The molecule has 1 aliphatic rings. The minimum atomic E-state index is -0.300. The van der Waals surface area contributed by atoms with Crippen molar-refractivity contribution in [2.45, 2.75) is 38.6 Å². The summed E-state index contributed by atoms with van der Waals surface area (Å²) in [7, 11) is 3.68. The molecule has 1 aromatic heterocycles. The number of hydrogen-bond acceptors (Lipinski definition) is 5. The Balaban J connectivity index is 2.26. The summed E-state index contributed by atoms with van der Waals surface area (Å²) < 4.78 is 1.64. The second-order valence-electron chi connectivity index (χ2n) is 5.42. The van der Waals surface area contributed by atoms with Crippen molar-refractivity contribution in [2.75, 3.05) is 25.0 Å². The Kier molecular flexibility index (Phi) is 4.59. The minimum Gasteiger partial charge on any atom is -0.353 e. The van der Waals surface area contributed by atoms with Gasteiger partial charge in [0.25, 0.3) is 0 Å². The number of rotatable bonds is 6. The number of anilines is 1. The molecular formula is C13H23N5O2. The maximum Gasteiger partial charge on any atom is 0.334 e. The highest BCUT2D eigenvalue weighted by atomic mass is 16.6. The monoisotopic (exact) mass is 281 g/mol. The third-order valence-corrected chi connectivity index (χ3v) is 3.75. The number of nitro groups is 1. The third-order valence-electron chi connectivity index (χ3n) is 3.75. The highest BCUT2D eigenvalue weighted by Gasteiger charge is 2.29. The Morgan fingerprint density at radius 2 is 2.35 bits per heavy atom. The first-order valence-electron chi connectivity index (χ1n) is 7.19. The summed E-state index contributed by atoms with van der Waals surface area (Å²) in [6.07, 6.45) is 3.79. The number of nitrogens with zero attached hydrogens (tertiary/aromatic N) is 4. The van der Waals surface area contributed by atoms with E-state index in [1.807, 2.05) is 18.9 Å². The van der Waals surface area contributed by atoms with Crippen LogP contribution in [0, 0.1) is 10.1 Å². The summed E-state index contributed by atoms with van der Waals surface area (Å²) in [4.78, 5) is 13.0. The van der Waals surface area contributed by atoms with Crippen molar-refractivity contribution in [3.8, 4) is 0 Å². The van der Waals surface area contributed by atoms with Crippen molar-refractivity contribution in [1.29, 1.82) is 0 Å². The van der Waals surface area contributed by atoms with Gasteiger partial charge in [0.15, 0.2) is 0 Å².